The fraction of sp³-hybridized carbons (Fsp3) is 0.417. The Kier molecular flexibility index (Phi) is 6.78. The SMILES string of the molecule is CN=C(NCCCN1C(=O)C2C3C=CC(C3)C2C1=O)NCc1ccnc2ccccc12.I. The quantitative estimate of drug-likeness (QED) is 0.146. The van der Waals surface area contributed by atoms with Gasteiger partial charge in [0.25, 0.3) is 0 Å². The number of para-hydroxylation sites is 1. The molecule has 8 heteroatoms. The summed E-state index contributed by atoms with van der Waals surface area (Å²) in [7, 11) is 1.73. The highest BCUT2D eigenvalue weighted by atomic mass is 127. The van der Waals surface area contributed by atoms with Crippen LogP contribution in [0.3, 0.4) is 0 Å². The van der Waals surface area contributed by atoms with Crippen molar-refractivity contribution in [2.75, 3.05) is 20.1 Å². The number of benzene rings is 1. The lowest BCUT2D eigenvalue weighted by Crippen LogP contribution is -2.39. The molecule has 2 bridgehead atoms. The molecule has 1 aliphatic heterocycles. The molecule has 2 amide bonds. The Hall–Kier alpha value is -2.49. The van der Waals surface area contributed by atoms with Crippen LogP contribution in [0.4, 0.5) is 0 Å². The van der Waals surface area contributed by atoms with Gasteiger partial charge < -0.3 is 10.6 Å². The Morgan fingerprint density at radius 2 is 1.81 bits per heavy atom. The second kappa shape index (κ2) is 9.56. The van der Waals surface area contributed by atoms with E-state index in [1.54, 1.807) is 7.05 Å². The molecule has 1 saturated carbocycles. The average molecular weight is 545 g/mol. The molecule has 1 saturated heterocycles. The predicted molar refractivity (Wildman–Crippen MR) is 134 cm³/mol. The van der Waals surface area contributed by atoms with Gasteiger partial charge in [0.2, 0.25) is 11.8 Å². The highest BCUT2D eigenvalue weighted by Crippen LogP contribution is 2.52. The van der Waals surface area contributed by atoms with Gasteiger partial charge >= 0.3 is 0 Å². The predicted octanol–water partition coefficient (Wildman–Crippen LogP) is 2.72. The van der Waals surface area contributed by atoms with Crippen LogP contribution in [-0.4, -0.2) is 47.8 Å². The first kappa shape index (κ1) is 22.7. The van der Waals surface area contributed by atoms with Crippen LogP contribution in [0.15, 0.2) is 53.7 Å². The number of imide groups is 1. The minimum atomic E-state index is -0.111. The number of carbonyl (C=O) groups excluding carboxylic acids is 2. The van der Waals surface area contributed by atoms with Gasteiger partial charge in [-0.25, -0.2) is 0 Å². The summed E-state index contributed by atoms with van der Waals surface area (Å²) in [6.07, 6.45) is 7.74. The van der Waals surface area contributed by atoms with Crippen molar-refractivity contribution in [1.82, 2.24) is 20.5 Å². The minimum absolute atomic E-state index is 0. The molecule has 4 unspecified atom stereocenters. The minimum Gasteiger partial charge on any atom is -0.356 e. The number of aromatic nitrogens is 1. The lowest BCUT2D eigenvalue weighted by atomic mass is 9.85. The third kappa shape index (κ3) is 4.00. The smallest absolute Gasteiger partial charge is 0.233 e. The number of pyridine rings is 1. The number of nitrogens with one attached hydrogen (secondary N) is 2. The van der Waals surface area contributed by atoms with Crippen LogP contribution < -0.4 is 10.6 Å². The number of halogens is 1. The third-order valence-electron chi connectivity index (χ3n) is 6.82. The molecule has 1 aromatic heterocycles. The summed E-state index contributed by atoms with van der Waals surface area (Å²) in [5, 5.41) is 7.73. The van der Waals surface area contributed by atoms with Gasteiger partial charge in [0.15, 0.2) is 5.96 Å². The Morgan fingerprint density at radius 1 is 1.09 bits per heavy atom. The standard InChI is InChI=1S/C24H27N5O2.HI/c1-25-24(28-14-17-9-11-26-19-6-3-2-5-18(17)19)27-10-4-12-29-22(30)20-15-7-8-16(13-15)21(20)23(29)31;/h2-3,5-9,11,15-16,20-21H,4,10,12-14H2,1H3,(H2,25,27,28);1H. The number of fused-ring (bicyclic) bond motifs is 6. The second-order valence-corrected chi connectivity index (χ2v) is 8.52. The number of hydrogen-bond acceptors (Lipinski definition) is 4. The van der Waals surface area contributed by atoms with E-state index in [-0.39, 0.29) is 59.5 Å². The fourth-order valence-electron chi connectivity index (χ4n) is 5.34. The van der Waals surface area contributed by atoms with Gasteiger partial charge in [0, 0.05) is 38.3 Å². The van der Waals surface area contributed by atoms with Crippen LogP contribution >= 0.6 is 24.0 Å². The maximum atomic E-state index is 12.7. The van der Waals surface area contributed by atoms with E-state index in [0.29, 0.717) is 32.0 Å². The summed E-state index contributed by atoms with van der Waals surface area (Å²) in [5.74, 6) is 1.06. The van der Waals surface area contributed by atoms with Gasteiger partial charge in [-0.3, -0.25) is 24.5 Å². The van der Waals surface area contributed by atoms with E-state index in [1.807, 2.05) is 30.5 Å². The number of guanidine groups is 1. The number of likely N-dealkylation sites (tertiary alicyclic amines) is 1. The zero-order valence-electron chi connectivity index (χ0n) is 18.0. The normalized spacial score (nSPS) is 25.9. The Morgan fingerprint density at radius 3 is 2.53 bits per heavy atom. The van der Waals surface area contributed by atoms with Gasteiger partial charge in [-0.1, -0.05) is 30.4 Å². The van der Waals surface area contributed by atoms with E-state index in [4.69, 9.17) is 0 Å². The second-order valence-electron chi connectivity index (χ2n) is 8.52. The Bertz CT molecular complexity index is 1050. The molecular formula is C24H28IN5O2. The molecule has 3 aliphatic rings. The summed E-state index contributed by atoms with van der Waals surface area (Å²) in [6, 6.07) is 10.1. The first-order valence-electron chi connectivity index (χ1n) is 11.0. The lowest BCUT2D eigenvalue weighted by molar-refractivity contribution is -0.140. The summed E-state index contributed by atoms with van der Waals surface area (Å²) in [5.41, 5.74) is 2.12. The molecule has 2 heterocycles. The number of nitrogens with zero attached hydrogens (tertiary/aromatic N) is 3. The molecule has 2 fully saturated rings. The van der Waals surface area contributed by atoms with E-state index in [2.05, 4.69) is 38.8 Å². The van der Waals surface area contributed by atoms with Crippen molar-refractivity contribution < 1.29 is 9.59 Å². The molecule has 0 spiro atoms. The number of carbonyl (C=O) groups is 2. The largest absolute Gasteiger partial charge is 0.356 e. The van der Waals surface area contributed by atoms with Crippen molar-refractivity contribution in [1.29, 1.82) is 0 Å². The van der Waals surface area contributed by atoms with Crippen LogP contribution in [0.1, 0.15) is 18.4 Å². The van der Waals surface area contributed by atoms with Gasteiger partial charge in [-0.05, 0) is 42.4 Å². The van der Waals surface area contributed by atoms with E-state index in [1.165, 1.54) is 4.90 Å². The summed E-state index contributed by atoms with van der Waals surface area (Å²) < 4.78 is 0. The van der Waals surface area contributed by atoms with E-state index in [9.17, 15) is 9.59 Å². The molecule has 7 nitrogen and oxygen atoms in total. The van der Waals surface area contributed by atoms with E-state index in [0.717, 1.165) is 22.9 Å². The Balaban J connectivity index is 0.00000245. The van der Waals surface area contributed by atoms with E-state index >= 15 is 0 Å². The molecule has 5 rings (SSSR count). The number of hydrogen-bond donors (Lipinski definition) is 2. The zero-order valence-corrected chi connectivity index (χ0v) is 20.4. The first-order valence-corrected chi connectivity index (χ1v) is 11.0. The summed E-state index contributed by atoms with van der Waals surface area (Å²) >= 11 is 0. The maximum absolute atomic E-state index is 12.7. The maximum Gasteiger partial charge on any atom is 0.233 e. The lowest BCUT2D eigenvalue weighted by Gasteiger charge is -2.18. The molecule has 4 atom stereocenters. The highest BCUT2D eigenvalue weighted by molar-refractivity contribution is 14.0. The van der Waals surface area contributed by atoms with Crippen molar-refractivity contribution in [3.63, 3.8) is 0 Å². The molecular weight excluding hydrogens is 517 g/mol. The summed E-state index contributed by atoms with van der Waals surface area (Å²) in [4.78, 5) is 35.7. The van der Waals surface area contributed by atoms with Crippen molar-refractivity contribution in [3.8, 4) is 0 Å². The number of aliphatic imine (C=N–C) groups is 1. The molecule has 168 valence electrons. The van der Waals surface area contributed by atoms with Gasteiger partial charge in [-0.2, -0.15) is 0 Å². The van der Waals surface area contributed by atoms with E-state index < -0.39 is 0 Å². The number of amides is 2. The average Bonchev–Trinajstić information content (AvgIpc) is 3.48. The van der Waals surface area contributed by atoms with Crippen LogP contribution in [0, 0.1) is 23.7 Å². The van der Waals surface area contributed by atoms with Crippen LogP contribution in [-0.2, 0) is 16.1 Å². The van der Waals surface area contributed by atoms with Crippen molar-refractivity contribution in [3.05, 3.63) is 54.2 Å². The first-order chi connectivity index (χ1) is 15.2. The molecule has 2 N–H and O–H groups in total. The van der Waals surface area contributed by atoms with Gasteiger partial charge in [-0.15, -0.1) is 24.0 Å². The van der Waals surface area contributed by atoms with Crippen molar-refractivity contribution >= 4 is 52.7 Å². The number of allylic oxidation sites excluding steroid dienone is 2. The highest BCUT2D eigenvalue weighted by Gasteiger charge is 2.58. The fourth-order valence-corrected chi connectivity index (χ4v) is 5.34. The molecule has 2 aromatic rings. The topological polar surface area (TPSA) is 86.7 Å². The Labute approximate surface area is 204 Å². The molecule has 1 aromatic carbocycles. The molecule has 0 radical (unpaired) electrons. The van der Waals surface area contributed by atoms with Crippen LogP contribution in [0.25, 0.3) is 10.9 Å². The number of rotatable bonds is 6. The van der Waals surface area contributed by atoms with Crippen LogP contribution in [0.2, 0.25) is 0 Å². The third-order valence-corrected chi connectivity index (χ3v) is 6.82. The molecule has 32 heavy (non-hydrogen) atoms. The van der Waals surface area contributed by atoms with Crippen LogP contribution in [0.5, 0.6) is 0 Å². The summed E-state index contributed by atoms with van der Waals surface area (Å²) in [6.45, 7) is 1.72. The van der Waals surface area contributed by atoms with Gasteiger partial charge in [0.05, 0.1) is 17.4 Å². The van der Waals surface area contributed by atoms with Gasteiger partial charge in [0.1, 0.15) is 0 Å². The van der Waals surface area contributed by atoms with Crippen molar-refractivity contribution in [2.24, 2.45) is 28.7 Å². The zero-order chi connectivity index (χ0) is 21.4. The molecule has 2 aliphatic carbocycles. The monoisotopic (exact) mass is 545 g/mol. The van der Waals surface area contributed by atoms with Crippen molar-refractivity contribution in [2.45, 2.75) is 19.4 Å².